The molecule has 1 spiro atoms. The summed E-state index contributed by atoms with van der Waals surface area (Å²) in [5.74, 6) is 0. The summed E-state index contributed by atoms with van der Waals surface area (Å²) in [6.07, 6.45) is 3.25. The average Bonchev–Trinajstić information content (AvgIpc) is 2.97. The number of likely N-dealkylation sites (N-methyl/N-ethyl adjacent to an activating group) is 1. The molecule has 3 nitrogen and oxygen atoms in total. The van der Waals surface area contributed by atoms with Crippen molar-refractivity contribution in [3.8, 4) is 0 Å². The van der Waals surface area contributed by atoms with Gasteiger partial charge in [0.2, 0.25) is 0 Å². The van der Waals surface area contributed by atoms with Crippen molar-refractivity contribution in [3.63, 3.8) is 0 Å². The second-order valence-electron chi connectivity index (χ2n) is 6.52. The number of rotatable bonds is 2. The largest absolute Gasteiger partial charge is 0.387 e. The maximum Gasteiger partial charge on any atom is 0.156 e. The Morgan fingerprint density at radius 3 is 2.91 bits per heavy atom. The highest BCUT2D eigenvalue weighted by atomic mass is 16.7. The summed E-state index contributed by atoms with van der Waals surface area (Å²) in [6, 6.07) is 15.0. The lowest BCUT2D eigenvalue weighted by atomic mass is 9.86. The minimum absolute atomic E-state index is 0.0881. The Morgan fingerprint density at radius 1 is 1.18 bits per heavy atom. The number of fused-ring (bicyclic) bond motifs is 1. The molecule has 2 aliphatic rings. The topological polar surface area (TPSA) is 24.8 Å². The Balaban J connectivity index is 1.58. The normalized spacial score (nSPS) is 25.4. The van der Waals surface area contributed by atoms with E-state index in [0.717, 1.165) is 31.6 Å². The zero-order valence-electron chi connectivity index (χ0n) is 13.1. The number of nitrogens with zero attached hydrogens (tertiary/aromatic N) is 2. The maximum atomic E-state index is 5.94. The van der Waals surface area contributed by atoms with E-state index >= 15 is 0 Å². The smallest absolute Gasteiger partial charge is 0.156 e. The highest BCUT2D eigenvalue weighted by molar-refractivity contribution is 6.04. The fourth-order valence-corrected chi connectivity index (χ4v) is 3.72. The van der Waals surface area contributed by atoms with Gasteiger partial charge in [-0.2, -0.15) is 0 Å². The van der Waals surface area contributed by atoms with E-state index in [1.54, 1.807) is 0 Å². The lowest BCUT2D eigenvalue weighted by Crippen LogP contribution is -2.48. The van der Waals surface area contributed by atoms with Crippen molar-refractivity contribution in [1.29, 1.82) is 0 Å². The molecule has 1 saturated heterocycles. The molecule has 1 atom stereocenters. The Hall–Kier alpha value is -1.87. The Labute approximate surface area is 131 Å². The quantitative estimate of drug-likeness (QED) is 0.841. The molecule has 2 aromatic carbocycles. The Morgan fingerprint density at radius 2 is 2.05 bits per heavy atom. The lowest BCUT2D eigenvalue weighted by Gasteiger charge is -2.37. The Bertz CT molecular complexity index is 724. The van der Waals surface area contributed by atoms with Gasteiger partial charge in [0.05, 0.1) is 5.71 Å². The van der Waals surface area contributed by atoms with E-state index in [-0.39, 0.29) is 5.60 Å². The van der Waals surface area contributed by atoms with Crippen LogP contribution in [0, 0.1) is 0 Å². The van der Waals surface area contributed by atoms with Crippen molar-refractivity contribution in [3.05, 3.63) is 48.0 Å². The molecule has 0 aromatic heterocycles. The van der Waals surface area contributed by atoms with Crippen LogP contribution in [0.3, 0.4) is 0 Å². The summed E-state index contributed by atoms with van der Waals surface area (Å²) >= 11 is 0. The summed E-state index contributed by atoms with van der Waals surface area (Å²) < 4.78 is 0. The zero-order chi connectivity index (χ0) is 15.0. The molecule has 114 valence electrons. The first kappa shape index (κ1) is 13.8. The van der Waals surface area contributed by atoms with E-state index in [9.17, 15) is 0 Å². The van der Waals surface area contributed by atoms with Gasteiger partial charge >= 0.3 is 0 Å². The van der Waals surface area contributed by atoms with Gasteiger partial charge in [-0.1, -0.05) is 48.5 Å². The van der Waals surface area contributed by atoms with Gasteiger partial charge in [0.1, 0.15) is 0 Å². The maximum absolute atomic E-state index is 5.94. The van der Waals surface area contributed by atoms with Gasteiger partial charge in [-0.05, 0) is 42.8 Å². The highest BCUT2D eigenvalue weighted by Crippen LogP contribution is 2.35. The molecule has 0 amide bonds. The van der Waals surface area contributed by atoms with E-state index in [1.807, 2.05) is 0 Å². The molecular weight excluding hydrogens is 272 g/mol. The molecule has 2 aromatic rings. The van der Waals surface area contributed by atoms with Crippen LogP contribution < -0.4 is 0 Å². The molecule has 2 aliphatic heterocycles. The van der Waals surface area contributed by atoms with Gasteiger partial charge < -0.3 is 4.84 Å². The summed E-state index contributed by atoms with van der Waals surface area (Å²) in [5.41, 5.74) is 2.21. The van der Waals surface area contributed by atoms with Crippen LogP contribution in [-0.2, 0) is 4.84 Å². The fraction of sp³-hybridized carbons (Fsp3) is 0.421. The van der Waals surface area contributed by atoms with E-state index in [4.69, 9.17) is 4.84 Å². The molecule has 0 radical (unpaired) electrons. The van der Waals surface area contributed by atoms with Crippen molar-refractivity contribution in [2.24, 2.45) is 5.16 Å². The first-order valence-corrected chi connectivity index (χ1v) is 8.25. The van der Waals surface area contributed by atoms with Crippen LogP contribution in [0.25, 0.3) is 10.8 Å². The SMILES string of the molecule is CCN1CCCC2(CC(c3ccc4ccccc4c3)=NO2)C1. The molecule has 0 saturated carbocycles. The molecule has 0 aliphatic carbocycles. The number of piperidine rings is 1. The van der Waals surface area contributed by atoms with Crippen molar-refractivity contribution in [2.45, 2.75) is 31.8 Å². The average molecular weight is 294 g/mol. The molecule has 0 bridgehead atoms. The monoisotopic (exact) mass is 294 g/mol. The molecule has 1 fully saturated rings. The minimum atomic E-state index is -0.0881. The van der Waals surface area contributed by atoms with Crippen LogP contribution >= 0.6 is 0 Å². The van der Waals surface area contributed by atoms with E-state index in [1.165, 1.54) is 29.3 Å². The first-order valence-electron chi connectivity index (χ1n) is 8.25. The summed E-state index contributed by atoms with van der Waals surface area (Å²) in [6.45, 7) is 5.51. The molecule has 4 rings (SSSR count). The van der Waals surface area contributed by atoms with Gasteiger partial charge in [-0.15, -0.1) is 0 Å². The van der Waals surface area contributed by atoms with Crippen molar-refractivity contribution >= 4 is 16.5 Å². The predicted molar refractivity (Wildman–Crippen MR) is 90.3 cm³/mol. The van der Waals surface area contributed by atoms with Crippen LogP contribution in [0.2, 0.25) is 0 Å². The van der Waals surface area contributed by atoms with E-state index in [2.05, 4.69) is 59.4 Å². The van der Waals surface area contributed by atoms with Crippen molar-refractivity contribution in [2.75, 3.05) is 19.6 Å². The third kappa shape index (κ3) is 2.40. The number of benzene rings is 2. The lowest BCUT2D eigenvalue weighted by molar-refractivity contribution is -0.0674. The van der Waals surface area contributed by atoms with Crippen LogP contribution in [0.5, 0.6) is 0 Å². The third-order valence-electron chi connectivity index (χ3n) is 4.99. The standard InChI is InChI=1S/C19H22N2O/c1-2-21-11-5-10-19(14-21)13-18(20-22-19)17-9-8-15-6-3-4-7-16(15)12-17/h3-4,6-9,12H,2,5,10-11,13-14H2,1H3. The molecular formula is C19H22N2O. The molecule has 0 N–H and O–H groups in total. The molecule has 1 unspecified atom stereocenters. The zero-order valence-corrected chi connectivity index (χ0v) is 13.1. The Kier molecular flexibility index (Phi) is 3.38. The van der Waals surface area contributed by atoms with E-state index in [0.29, 0.717) is 0 Å². The van der Waals surface area contributed by atoms with Gasteiger partial charge in [-0.3, -0.25) is 4.90 Å². The van der Waals surface area contributed by atoms with Crippen LogP contribution in [0.4, 0.5) is 0 Å². The van der Waals surface area contributed by atoms with Gasteiger partial charge in [-0.25, -0.2) is 0 Å². The predicted octanol–water partition coefficient (Wildman–Crippen LogP) is 3.82. The van der Waals surface area contributed by atoms with Crippen LogP contribution in [0.1, 0.15) is 31.7 Å². The highest BCUT2D eigenvalue weighted by Gasteiger charge is 2.42. The van der Waals surface area contributed by atoms with Crippen molar-refractivity contribution in [1.82, 2.24) is 4.90 Å². The second-order valence-corrected chi connectivity index (χ2v) is 6.52. The minimum Gasteiger partial charge on any atom is -0.387 e. The van der Waals surface area contributed by atoms with E-state index < -0.39 is 0 Å². The summed E-state index contributed by atoms with van der Waals surface area (Å²) in [7, 11) is 0. The van der Waals surface area contributed by atoms with Gasteiger partial charge in [0.15, 0.2) is 5.60 Å². The summed E-state index contributed by atoms with van der Waals surface area (Å²) in [4.78, 5) is 8.41. The molecule has 22 heavy (non-hydrogen) atoms. The van der Waals surface area contributed by atoms with Crippen LogP contribution in [0.15, 0.2) is 47.6 Å². The first-order chi connectivity index (χ1) is 10.8. The summed E-state index contributed by atoms with van der Waals surface area (Å²) in [5, 5.41) is 6.99. The number of likely N-dealkylation sites (tertiary alicyclic amines) is 1. The number of hydrogen-bond donors (Lipinski definition) is 0. The van der Waals surface area contributed by atoms with Crippen LogP contribution in [-0.4, -0.2) is 35.8 Å². The number of oxime groups is 1. The molecule has 2 heterocycles. The van der Waals surface area contributed by atoms with Gasteiger partial charge in [0.25, 0.3) is 0 Å². The second kappa shape index (κ2) is 5.40. The third-order valence-corrected chi connectivity index (χ3v) is 4.99. The van der Waals surface area contributed by atoms with Gasteiger partial charge in [0, 0.05) is 18.5 Å². The number of hydrogen-bond acceptors (Lipinski definition) is 3. The molecule has 3 heteroatoms. The fourth-order valence-electron chi connectivity index (χ4n) is 3.72. The van der Waals surface area contributed by atoms with Crippen molar-refractivity contribution < 1.29 is 4.84 Å².